The molecule has 0 amide bonds. The standard InChI is InChI=1S/C21H24F3NO3/c1-20(2,3)28-19(26)13-27-18-9-8-16(21(22,23)24)11-17(18)15-7-5-6-14(10-15)12-25-4/h5-11,25H,12-13H2,1-4H3. The fourth-order valence-corrected chi connectivity index (χ4v) is 2.62. The van der Waals surface area contributed by atoms with Crippen LogP contribution < -0.4 is 10.1 Å². The summed E-state index contributed by atoms with van der Waals surface area (Å²) < 4.78 is 50.3. The highest BCUT2D eigenvalue weighted by molar-refractivity contribution is 5.74. The van der Waals surface area contributed by atoms with Crippen LogP contribution in [0.25, 0.3) is 11.1 Å². The Labute approximate surface area is 162 Å². The Morgan fingerprint density at radius 1 is 1.07 bits per heavy atom. The van der Waals surface area contributed by atoms with Crippen LogP contribution in [0.2, 0.25) is 0 Å². The third-order valence-electron chi connectivity index (χ3n) is 3.69. The van der Waals surface area contributed by atoms with E-state index in [9.17, 15) is 18.0 Å². The summed E-state index contributed by atoms with van der Waals surface area (Å²) >= 11 is 0. The molecule has 1 N–H and O–H groups in total. The van der Waals surface area contributed by atoms with Crippen LogP contribution in [0.15, 0.2) is 42.5 Å². The molecule has 0 aliphatic rings. The number of hydrogen-bond acceptors (Lipinski definition) is 4. The van der Waals surface area contributed by atoms with Crippen molar-refractivity contribution in [1.29, 1.82) is 0 Å². The molecule has 0 saturated carbocycles. The predicted octanol–water partition coefficient (Wildman–Crippen LogP) is 4.81. The molecule has 7 heteroatoms. The van der Waals surface area contributed by atoms with Gasteiger partial charge < -0.3 is 14.8 Å². The molecule has 0 atom stereocenters. The zero-order valence-electron chi connectivity index (χ0n) is 16.3. The van der Waals surface area contributed by atoms with Gasteiger partial charge >= 0.3 is 12.1 Å². The van der Waals surface area contributed by atoms with Gasteiger partial charge in [0.25, 0.3) is 0 Å². The molecule has 0 spiro atoms. The van der Waals surface area contributed by atoms with E-state index >= 15 is 0 Å². The van der Waals surface area contributed by atoms with Crippen LogP contribution in [0.1, 0.15) is 31.9 Å². The summed E-state index contributed by atoms with van der Waals surface area (Å²) in [6, 6.07) is 10.3. The highest BCUT2D eigenvalue weighted by atomic mass is 19.4. The highest BCUT2D eigenvalue weighted by Crippen LogP contribution is 2.37. The average molecular weight is 395 g/mol. The van der Waals surface area contributed by atoms with Gasteiger partial charge in [-0.1, -0.05) is 18.2 Å². The Bertz CT molecular complexity index is 826. The summed E-state index contributed by atoms with van der Waals surface area (Å²) in [6.07, 6.45) is -4.49. The predicted molar refractivity (Wildman–Crippen MR) is 101 cm³/mol. The van der Waals surface area contributed by atoms with Gasteiger partial charge in [-0.25, -0.2) is 4.79 Å². The Balaban J connectivity index is 2.37. The largest absolute Gasteiger partial charge is 0.481 e. The molecule has 2 rings (SSSR count). The molecular weight excluding hydrogens is 371 g/mol. The normalized spacial score (nSPS) is 12.0. The van der Waals surface area contributed by atoms with Crippen LogP contribution in [0.4, 0.5) is 13.2 Å². The smallest absolute Gasteiger partial charge is 0.416 e. The molecular formula is C21H24F3NO3. The fraction of sp³-hybridized carbons (Fsp3) is 0.381. The summed E-state index contributed by atoms with van der Waals surface area (Å²) in [4.78, 5) is 11.9. The summed E-state index contributed by atoms with van der Waals surface area (Å²) in [5.41, 5.74) is 0.279. The van der Waals surface area contributed by atoms with Gasteiger partial charge in [0.05, 0.1) is 5.56 Å². The molecule has 0 bridgehead atoms. The molecule has 0 heterocycles. The lowest BCUT2D eigenvalue weighted by Gasteiger charge is -2.20. The van der Waals surface area contributed by atoms with Crippen molar-refractivity contribution < 1.29 is 27.4 Å². The number of esters is 1. The van der Waals surface area contributed by atoms with E-state index in [1.165, 1.54) is 6.07 Å². The average Bonchev–Trinajstić information content (AvgIpc) is 2.58. The van der Waals surface area contributed by atoms with Crippen LogP contribution in [0.3, 0.4) is 0 Å². The van der Waals surface area contributed by atoms with Crippen LogP contribution in [-0.2, 0) is 22.3 Å². The van der Waals surface area contributed by atoms with Gasteiger partial charge in [0.1, 0.15) is 11.4 Å². The Morgan fingerprint density at radius 3 is 2.39 bits per heavy atom. The molecule has 0 aromatic heterocycles. The van der Waals surface area contributed by atoms with Gasteiger partial charge in [0, 0.05) is 12.1 Å². The van der Waals surface area contributed by atoms with Crippen LogP contribution in [0, 0.1) is 0 Å². The molecule has 0 aliphatic carbocycles. The molecule has 2 aromatic carbocycles. The lowest BCUT2D eigenvalue weighted by molar-refractivity contribution is -0.157. The van der Waals surface area contributed by atoms with E-state index in [2.05, 4.69) is 5.32 Å². The number of benzene rings is 2. The quantitative estimate of drug-likeness (QED) is 0.713. The Kier molecular flexibility index (Phi) is 6.72. The Morgan fingerprint density at radius 2 is 1.79 bits per heavy atom. The van der Waals surface area contributed by atoms with Crippen molar-refractivity contribution in [3.63, 3.8) is 0 Å². The lowest BCUT2D eigenvalue weighted by atomic mass is 9.99. The zero-order chi connectivity index (χ0) is 20.9. The van der Waals surface area contributed by atoms with Crippen molar-refractivity contribution in [2.75, 3.05) is 13.7 Å². The first-order chi connectivity index (χ1) is 13.0. The molecule has 0 aliphatic heterocycles. The van der Waals surface area contributed by atoms with E-state index in [1.54, 1.807) is 46.0 Å². The van der Waals surface area contributed by atoms with Gasteiger partial charge in [0.2, 0.25) is 0 Å². The second-order valence-electron chi connectivity index (χ2n) is 7.31. The van der Waals surface area contributed by atoms with Crippen LogP contribution >= 0.6 is 0 Å². The number of nitrogens with one attached hydrogen (secondary N) is 1. The van der Waals surface area contributed by atoms with Crippen molar-refractivity contribution in [2.24, 2.45) is 0 Å². The second-order valence-corrected chi connectivity index (χ2v) is 7.31. The minimum absolute atomic E-state index is 0.181. The van der Waals surface area contributed by atoms with Gasteiger partial charge in [-0.15, -0.1) is 0 Å². The summed E-state index contributed by atoms with van der Waals surface area (Å²) in [5.74, 6) is -0.414. The molecule has 0 fully saturated rings. The molecule has 4 nitrogen and oxygen atoms in total. The SMILES string of the molecule is CNCc1cccc(-c2cc(C(F)(F)F)ccc2OCC(=O)OC(C)(C)C)c1. The monoisotopic (exact) mass is 395 g/mol. The lowest BCUT2D eigenvalue weighted by Crippen LogP contribution is -2.27. The number of carbonyl (C=O) groups is 1. The van der Waals surface area contributed by atoms with Crippen molar-refractivity contribution in [3.8, 4) is 16.9 Å². The first-order valence-electron chi connectivity index (χ1n) is 8.79. The van der Waals surface area contributed by atoms with Crippen LogP contribution in [-0.4, -0.2) is 25.2 Å². The number of halogens is 3. The van der Waals surface area contributed by atoms with E-state index in [0.29, 0.717) is 12.1 Å². The third kappa shape index (κ3) is 6.27. The molecule has 0 unspecified atom stereocenters. The maximum atomic E-state index is 13.2. The summed E-state index contributed by atoms with van der Waals surface area (Å²) in [7, 11) is 1.78. The van der Waals surface area contributed by atoms with Gasteiger partial charge in [-0.2, -0.15) is 13.2 Å². The first kappa shape index (κ1) is 21.8. The topological polar surface area (TPSA) is 47.6 Å². The molecule has 152 valence electrons. The molecule has 0 saturated heterocycles. The van der Waals surface area contributed by atoms with Crippen molar-refractivity contribution in [1.82, 2.24) is 5.32 Å². The summed E-state index contributed by atoms with van der Waals surface area (Å²) in [6.45, 7) is 5.35. The van der Waals surface area contributed by atoms with Gasteiger partial charge in [-0.05, 0) is 63.2 Å². The number of hydrogen-bond donors (Lipinski definition) is 1. The molecule has 2 aromatic rings. The van der Waals surface area contributed by atoms with E-state index in [0.717, 1.165) is 17.7 Å². The first-order valence-corrected chi connectivity index (χ1v) is 8.79. The number of rotatable bonds is 6. The van der Waals surface area contributed by atoms with E-state index in [1.807, 2.05) is 6.07 Å². The second kappa shape index (κ2) is 8.65. The fourth-order valence-electron chi connectivity index (χ4n) is 2.62. The molecule has 0 radical (unpaired) electrons. The maximum Gasteiger partial charge on any atom is 0.416 e. The van der Waals surface area contributed by atoms with Crippen molar-refractivity contribution in [2.45, 2.75) is 39.1 Å². The van der Waals surface area contributed by atoms with Gasteiger partial charge in [0.15, 0.2) is 6.61 Å². The number of alkyl halides is 3. The minimum atomic E-state index is -4.49. The third-order valence-corrected chi connectivity index (χ3v) is 3.69. The van der Waals surface area contributed by atoms with Gasteiger partial charge in [-0.3, -0.25) is 0 Å². The molecule has 28 heavy (non-hydrogen) atoms. The van der Waals surface area contributed by atoms with Crippen molar-refractivity contribution >= 4 is 5.97 Å². The summed E-state index contributed by atoms with van der Waals surface area (Å²) in [5, 5.41) is 3.00. The van der Waals surface area contributed by atoms with Crippen LogP contribution in [0.5, 0.6) is 5.75 Å². The van der Waals surface area contributed by atoms with E-state index in [4.69, 9.17) is 9.47 Å². The zero-order valence-corrected chi connectivity index (χ0v) is 16.3. The van der Waals surface area contributed by atoms with E-state index < -0.39 is 29.9 Å². The number of carbonyl (C=O) groups excluding carboxylic acids is 1. The van der Waals surface area contributed by atoms with Crippen molar-refractivity contribution in [3.05, 3.63) is 53.6 Å². The van der Waals surface area contributed by atoms with E-state index in [-0.39, 0.29) is 11.3 Å². The Hall–Kier alpha value is -2.54. The highest BCUT2D eigenvalue weighted by Gasteiger charge is 2.31. The minimum Gasteiger partial charge on any atom is -0.481 e. The number of ether oxygens (including phenoxy) is 2. The maximum absolute atomic E-state index is 13.2.